The molecule has 0 fully saturated rings. The molecule has 0 saturated carbocycles. The van der Waals surface area contributed by atoms with Gasteiger partial charge in [-0.1, -0.05) is 13.8 Å². The SMILES string of the molecule is COCCC(C)(C)CNS(=O)(=O)c1ccc(Br)s1. The third-order valence-corrected chi connectivity index (χ3v) is 6.05. The van der Waals surface area contributed by atoms with Crippen molar-refractivity contribution in [3.8, 4) is 0 Å². The predicted molar refractivity (Wildman–Crippen MR) is 77.5 cm³/mol. The molecule has 0 aliphatic rings. The number of nitrogens with one attached hydrogen (secondary N) is 1. The summed E-state index contributed by atoms with van der Waals surface area (Å²) in [6.07, 6.45) is 0.806. The lowest BCUT2D eigenvalue weighted by Gasteiger charge is -2.24. The fraction of sp³-hybridized carbons (Fsp3) is 0.636. The standard InChI is InChI=1S/C11H18BrNO3S2/c1-11(2,6-7-16-3)8-13-18(14,15)10-5-4-9(12)17-10/h4-5,13H,6-8H2,1-3H3. The molecule has 0 aromatic carbocycles. The molecule has 1 aromatic rings. The van der Waals surface area contributed by atoms with Crippen LogP contribution in [0.3, 0.4) is 0 Å². The molecule has 1 aromatic heterocycles. The van der Waals surface area contributed by atoms with Gasteiger partial charge in [0.15, 0.2) is 0 Å². The number of halogens is 1. The molecule has 18 heavy (non-hydrogen) atoms. The van der Waals surface area contributed by atoms with E-state index in [1.54, 1.807) is 19.2 Å². The van der Waals surface area contributed by atoms with Crippen LogP contribution in [-0.2, 0) is 14.8 Å². The molecule has 0 saturated heterocycles. The fourth-order valence-electron chi connectivity index (χ4n) is 1.27. The first-order valence-corrected chi connectivity index (χ1v) is 8.60. The Morgan fingerprint density at radius 2 is 2.11 bits per heavy atom. The van der Waals surface area contributed by atoms with E-state index in [9.17, 15) is 8.42 Å². The lowest BCUT2D eigenvalue weighted by Crippen LogP contribution is -2.34. The molecule has 104 valence electrons. The quantitative estimate of drug-likeness (QED) is 0.817. The summed E-state index contributed by atoms with van der Waals surface area (Å²) >= 11 is 4.46. The molecule has 0 spiro atoms. The van der Waals surface area contributed by atoms with Crippen molar-refractivity contribution in [1.82, 2.24) is 4.72 Å². The van der Waals surface area contributed by atoms with Gasteiger partial charge in [-0.3, -0.25) is 0 Å². The topological polar surface area (TPSA) is 55.4 Å². The first kappa shape index (κ1) is 16.1. The van der Waals surface area contributed by atoms with E-state index in [4.69, 9.17) is 4.74 Å². The Balaban J connectivity index is 2.62. The molecule has 0 atom stereocenters. The Morgan fingerprint density at radius 1 is 1.44 bits per heavy atom. The highest BCUT2D eigenvalue weighted by Gasteiger charge is 2.23. The average molecular weight is 356 g/mol. The zero-order chi connectivity index (χ0) is 13.8. The second-order valence-electron chi connectivity index (χ2n) is 4.79. The number of hydrogen-bond acceptors (Lipinski definition) is 4. The van der Waals surface area contributed by atoms with Crippen LogP contribution in [0.1, 0.15) is 20.3 Å². The molecule has 0 aliphatic carbocycles. The van der Waals surface area contributed by atoms with Crippen LogP contribution in [0.4, 0.5) is 0 Å². The van der Waals surface area contributed by atoms with Crippen LogP contribution in [0, 0.1) is 5.41 Å². The molecular formula is C11H18BrNO3S2. The molecule has 4 nitrogen and oxygen atoms in total. The summed E-state index contributed by atoms with van der Waals surface area (Å²) in [5.74, 6) is 0. The summed E-state index contributed by atoms with van der Waals surface area (Å²) in [4.78, 5) is 0. The number of rotatable bonds is 7. The van der Waals surface area contributed by atoms with Crippen LogP contribution in [0.5, 0.6) is 0 Å². The minimum atomic E-state index is -3.40. The van der Waals surface area contributed by atoms with Gasteiger partial charge < -0.3 is 4.74 Å². The highest BCUT2D eigenvalue weighted by Crippen LogP contribution is 2.26. The summed E-state index contributed by atoms with van der Waals surface area (Å²) in [6, 6.07) is 3.33. The monoisotopic (exact) mass is 355 g/mol. The molecule has 0 unspecified atom stereocenters. The van der Waals surface area contributed by atoms with Crippen molar-refractivity contribution in [3.63, 3.8) is 0 Å². The largest absolute Gasteiger partial charge is 0.385 e. The molecule has 0 radical (unpaired) electrons. The summed E-state index contributed by atoms with van der Waals surface area (Å²) < 4.78 is 32.8. The highest BCUT2D eigenvalue weighted by atomic mass is 79.9. The van der Waals surface area contributed by atoms with Gasteiger partial charge in [0, 0.05) is 20.3 Å². The third-order valence-electron chi connectivity index (χ3n) is 2.54. The smallest absolute Gasteiger partial charge is 0.250 e. The average Bonchev–Trinajstić information content (AvgIpc) is 2.72. The van der Waals surface area contributed by atoms with Crippen molar-refractivity contribution >= 4 is 37.3 Å². The summed E-state index contributed by atoms with van der Waals surface area (Å²) in [6.45, 7) is 5.05. The second-order valence-corrected chi connectivity index (χ2v) is 9.25. The molecule has 7 heteroatoms. The van der Waals surface area contributed by atoms with Gasteiger partial charge in [-0.25, -0.2) is 13.1 Å². The van der Waals surface area contributed by atoms with Crippen LogP contribution in [0.15, 0.2) is 20.1 Å². The van der Waals surface area contributed by atoms with Crippen LogP contribution in [0.2, 0.25) is 0 Å². The van der Waals surface area contributed by atoms with Crippen LogP contribution < -0.4 is 4.72 Å². The van der Waals surface area contributed by atoms with Gasteiger partial charge in [0.2, 0.25) is 10.0 Å². The first-order valence-electron chi connectivity index (χ1n) is 5.51. The van der Waals surface area contributed by atoms with Crippen molar-refractivity contribution in [2.24, 2.45) is 5.41 Å². The molecule has 0 amide bonds. The maximum absolute atomic E-state index is 12.0. The predicted octanol–water partition coefficient (Wildman–Crippen LogP) is 2.85. The Bertz CT molecular complexity index is 482. The molecule has 0 bridgehead atoms. The van der Waals surface area contributed by atoms with Gasteiger partial charge in [-0.15, -0.1) is 11.3 Å². The van der Waals surface area contributed by atoms with Gasteiger partial charge in [0.05, 0.1) is 3.79 Å². The van der Waals surface area contributed by atoms with Gasteiger partial charge in [-0.05, 0) is 39.9 Å². The second kappa shape index (κ2) is 6.47. The van der Waals surface area contributed by atoms with Crippen molar-refractivity contribution in [3.05, 3.63) is 15.9 Å². The number of ether oxygens (including phenoxy) is 1. The number of methoxy groups -OCH3 is 1. The molecule has 1 N–H and O–H groups in total. The van der Waals surface area contributed by atoms with E-state index in [1.165, 1.54) is 11.3 Å². The van der Waals surface area contributed by atoms with Gasteiger partial charge >= 0.3 is 0 Å². The Labute approximate surface area is 121 Å². The Hall–Kier alpha value is 0.0500. The van der Waals surface area contributed by atoms with Gasteiger partial charge in [0.25, 0.3) is 0 Å². The van der Waals surface area contributed by atoms with Crippen molar-refractivity contribution in [1.29, 1.82) is 0 Å². The highest BCUT2D eigenvalue weighted by molar-refractivity contribution is 9.11. The normalized spacial score (nSPS) is 12.9. The number of hydrogen-bond donors (Lipinski definition) is 1. The van der Waals surface area contributed by atoms with E-state index in [0.717, 1.165) is 10.2 Å². The number of thiophene rings is 1. The Kier molecular flexibility index (Phi) is 5.79. The molecular weight excluding hydrogens is 338 g/mol. The van der Waals surface area contributed by atoms with E-state index < -0.39 is 10.0 Å². The summed E-state index contributed by atoms with van der Waals surface area (Å²) in [7, 11) is -1.76. The third kappa shape index (κ3) is 4.97. The van der Waals surface area contributed by atoms with Crippen LogP contribution in [0.25, 0.3) is 0 Å². The van der Waals surface area contributed by atoms with Gasteiger partial charge in [0.1, 0.15) is 4.21 Å². The lowest BCUT2D eigenvalue weighted by atomic mass is 9.90. The summed E-state index contributed by atoms with van der Waals surface area (Å²) in [5, 5.41) is 0. The molecule has 1 rings (SSSR count). The number of sulfonamides is 1. The lowest BCUT2D eigenvalue weighted by molar-refractivity contribution is 0.153. The maximum atomic E-state index is 12.0. The van der Waals surface area contributed by atoms with Crippen molar-refractivity contribution in [2.75, 3.05) is 20.3 Å². The van der Waals surface area contributed by atoms with Crippen LogP contribution >= 0.6 is 27.3 Å². The zero-order valence-electron chi connectivity index (χ0n) is 10.7. The van der Waals surface area contributed by atoms with E-state index in [-0.39, 0.29) is 5.41 Å². The molecule has 1 heterocycles. The zero-order valence-corrected chi connectivity index (χ0v) is 13.9. The van der Waals surface area contributed by atoms with Crippen LogP contribution in [-0.4, -0.2) is 28.7 Å². The minimum absolute atomic E-state index is 0.127. The van der Waals surface area contributed by atoms with E-state index in [2.05, 4.69) is 20.7 Å². The van der Waals surface area contributed by atoms with Crippen molar-refractivity contribution < 1.29 is 13.2 Å². The van der Waals surface area contributed by atoms with Gasteiger partial charge in [-0.2, -0.15) is 0 Å². The van der Waals surface area contributed by atoms with Crippen molar-refractivity contribution in [2.45, 2.75) is 24.5 Å². The Morgan fingerprint density at radius 3 is 2.61 bits per heavy atom. The maximum Gasteiger partial charge on any atom is 0.250 e. The van der Waals surface area contributed by atoms with E-state index in [0.29, 0.717) is 17.4 Å². The van der Waals surface area contributed by atoms with E-state index >= 15 is 0 Å². The van der Waals surface area contributed by atoms with E-state index in [1.807, 2.05) is 13.8 Å². The fourth-order valence-corrected chi connectivity index (χ4v) is 4.57. The molecule has 0 aliphatic heterocycles. The summed E-state index contributed by atoms with van der Waals surface area (Å²) in [5.41, 5.74) is -0.127. The first-order chi connectivity index (χ1) is 8.27. The minimum Gasteiger partial charge on any atom is -0.385 e.